The van der Waals surface area contributed by atoms with Gasteiger partial charge in [-0.2, -0.15) is 0 Å². The molecule has 134 valence electrons. The molecule has 0 radical (unpaired) electrons. The SMILES string of the molecule is Cc1cnc(CN(C)C2CCN(CC(=O)NCc3cccnc3)C2)o1. The monoisotopic (exact) mass is 343 g/mol. The van der Waals surface area contributed by atoms with Gasteiger partial charge in [0.05, 0.1) is 19.3 Å². The van der Waals surface area contributed by atoms with Crippen molar-refractivity contribution in [1.29, 1.82) is 0 Å². The molecule has 1 aliphatic rings. The first-order valence-corrected chi connectivity index (χ1v) is 8.59. The molecule has 0 spiro atoms. The van der Waals surface area contributed by atoms with Crippen molar-refractivity contribution in [1.82, 2.24) is 25.1 Å². The van der Waals surface area contributed by atoms with Crippen molar-refractivity contribution in [3.05, 3.63) is 47.9 Å². The van der Waals surface area contributed by atoms with E-state index in [0.29, 0.717) is 25.7 Å². The van der Waals surface area contributed by atoms with Gasteiger partial charge >= 0.3 is 0 Å². The maximum absolute atomic E-state index is 12.1. The van der Waals surface area contributed by atoms with Gasteiger partial charge in [-0.3, -0.25) is 19.6 Å². The van der Waals surface area contributed by atoms with Crippen molar-refractivity contribution < 1.29 is 9.21 Å². The van der Waals surface area contributed by atoms with Gasteiger partial charge in [-0.15, -0.1) is 0 Å². The third-order valence-electron chi connectivity index (χ3n) is 4.50. The summed E-state index contributed by atoms with van der Waals surface area (Å²) >= 11 is 0. The van der Waals surface area contributed by atoms with Crippen LogP contribution in [0.25, 0.3) is 0 Å². The number of likely N-dealkylation sites (tertiary alicyclic amines) is 1. The molecule has 1 atom stereocenters. The van der Waals surface area contributed by atoms with E-state index >= 15 is 0 Å². The second kappa shape index (κ2) is 8.22. The zero-order valence-electron chi connectivity index (χ0n) is 14.8. The van der Waals surface area contributed by atoms with Crippen LogP contribution in [-0.2, 0) is 17.9 Å². The molecule has 2 aromatic heterocycles. The molecular weight excluding hydrogens is 318 g/mol. The highest BCUT2D eigenvalue weighted by Gasteiger charge is 2.27. The average Bonchev–Trinajstić information content (AvgIpc) is 3.23. The molecule has 0 saturated carbocycles. The number of carbonyl (C=O) groups excluding carboxylic acids is 1. The number of hydrogen-bond acceptors (Lipinski definition) is 6. The van der Waals surface area contributed by atoms with Crippen LogP contribution in [0.4, 0.5) is 0 Å². The van der Waals surface area contributed by atoms with Gasteiger partial charge in [0.25, 0.3) is 0 Å². The molecule has 3 rings (SSSR count). The Labute approximate surface area is 148 Å². The number of aromatic nitrogens is 2. The van der Waals surface area contributed by atoms with Crippen LogP contribution < -0.4 is 5.32 Å². The molecule has 0 bridgehead atoms. The lowest BCUT2D eigenvalue weighted by molar-refractivity contribution is -0.122. The Balaban J connectivity index is 1.40. The van der Waals surface area contributed by atoms with Crippen LogP contribution in [0.3, 0.4) is 0 Å². The van der Waals surface area contributed by atoms with Crippen LogP contribution in [0.2, 0.25) is 0 Å². The predicted octanol–water partition coefficient (Wildman–Crippen LogP) is 1.20. The largest absolute Gasteiger partial charge is 0.445 e. The Morgan fingerprint density at radius 1 is 1.48 bits per heavy atom. The van der Waals surface area contributed by atoms with E-state index < -0.39 is 0 Å². The average molecular weight is 343 g/mol. The number of carbonyl (C=O) groups is 1. The summed E-state index contributed by atoms with van der Waals surface area (Å²) in [4.78, 5) is 24.9. The molecule has 1 amide bonds. The van der Waals surface area contributed by atoms with Gasteiger partial charge in [-0.1, -0.05) is 6.07 Å². The molecule has 2 aromatic rings. The lowest BCUT2D eigenvalue weighted by atomic mass is 10.2. The predicted molar refractivity (Wildman–Crippen MR) is 93.6 cm³/mol. The second-order valence-corrected chi connectivity index (χ2v) is 6.60. The van der Waals surface area contributed by atoms with E-state index in [9.17, 15) is 4.79 Å². The van der Waals surface area contributed by atoms with Gasteiger partial charge in [-0.05, 0) is 32.0 Å². The first-order valence-electron chi connectivity index (χ1n) is 8.59. The molecule has 25 heavy (non-hydrogen) atoms. The number of oxazole rings is 1. The molecule has 7 heteroatoms. The third kappa shape index (κ3) is 5.11. The summed E-state index contributed by atoms with van der Waals surface area (Å²) in [6.07, 6.45) is 6.29. The summed E-state index contributed by atoms with van der Waals surface area (Å²) in [5.74, 6) is 1.63. The lowest BCUT2D eigenvalue weighted by Gasteiger charge is -2.23. The molecule has 0 aromatic carbocycles. The summed E-state index contributed by atoms with van der Waals surface area (Å²) in [5.41, 5.74) is 1.01. The first-order chi connectivity index (χ1) is 12.1. The minimum absolute atomic E-state index is 0.0514. The van der Waals surface area contributed by atoms with Crippen LogP contribution in [0.1, 0.15) is 23.6 Å². The van der Waals surface area contributed by atoms with E-state index in [1.54, 1.807) is 18.6 Å². The highest BCUT2D eigenvalue weighted by Crippen LogP contribution is 2.16. The Morgan fingerprint density at radius 3 is 3.08 bits per heavy atom. The van der Waals surface area contributed by atoms with Gasteiger partial charge in [0, 0.05) is 38.1 Å². The normalized spacial score (nSPS) is 18.0. The summed E-state index contributed by atoms with van der Waals surface area (Å²) in [7, 11) is 2.08. The van der Waals surface area contributed by atoms with Crippen molar-refractivity contribution in [3.63, 3.8) is 0 Å². The molecule has 0 aliphatic carbocycles. The molecular formula is C18H25N5O2. The fraction of sp³-hybridized carbons (Fsp3) is 0.500. The van der Waals surface area contributed by atoms with Gasteiger partial charge in [-0.25, -0.2) is 4.98 Å². The number of amides is 1. The van der Waals surface area contributed by atoms with Gasteiger partial charge < -0.3 is 9.73 Å². The van der Waals surface area contributed by atoms with Gasteiger partial charge in [0.1, 0.15) is 5.76 Å². The standard InChI is InChI=1S/C18H25N5O2/c1-14-8-21-18(25-14)13-22(2)16-5-7-23(11-16)12-17(24)20-10-15-4-3-6-19-9-15/h3-4,6,8-9,16H,5,7,10-13H2,1-2H3,(H,20,24). The van der Waals surface area contributed by atoms with Crippen molar-refractivity contribution in [2.75, 3.05) is 26.7 Å². The number of nitrogens with one attached hydrogen (secondary N) is 1. The Bertz CT molecular complexity index is 688. The second-order valence-electron chi connectivity index (χ2n) is 6.60. The van der Waals surface area contributed by atoms with Gasteiger partial charge in [0.2, 0.25) is 11.8 Å². The molecule has 1 aliphatic heterocycles. The highest BCUT2D eigenvalue weighted by molar-refractivity contribution is 5.78. The summed E-state index contributed by atoms with van der Waals surface area (Å²) < 4.78 is 5.54. The molecule has 1 fully saturated rings. The minimum Gasteiger partial charge on any atom is -0.445 e. The Hall–Kier alpha value is -2.25. The van der Waals surface area contributed by atoms with Crippen LogP contribution in [-0.4, -0.2) is 58.4 Å². The van der Waals surface area contributed by atoms with Crippen molar-refractivity contribution in [2.24, 2.45) is 0 Å². The van der Waals surface area contributed by atoms with Crippen molar-refractivity contribution in [2.45, 2.75) is 32.5 Å². The molecule has 1 saturated heterocycles. The Kier molecular flexibility index (Phi) is 5.78. The lowest BCUT2D eigenvalue weighted by Crippen LogP contribution is -2.38. The highest BCUT2D eigenvalue weighted by atomic mass is 16.4. The van der Waals surface area contributed by atoms with E-state index in [-0.39, 0.29) is 5.91 Å². The van der Waals surface area contributed by atoms with Crippen LogP contribution >= 0.6 is 0 Å². The number of hydrogen-bond donors (Lipinski definition) is 1. The first kappa shape index (κ1) is 17.6. The molecule has 1 N–H and O–H groups in total. The number of aryl methyl sites for hydroxylation is 1. The van der Waals surface area contributed by atoms with E-state index in [1.807, 2.05) is 19.1 Å². The van der Waals surface area contributed by atoms with E-state index in [1.165, 1.54) is 0 Å². The van der Waals surface area contributed by atoms with Crippen molar-refractivity contribution in [3.8, 4) is 0 Å². The smallest absolute Gasteiger partial charge is 0.234 e. The number of nitrogens with zero attached hydrogens (tertiary/aromatic N) is 4. The quantitative estimate of drug-likeness (QED) is 0.814. The van der Waals surface area contributed by atoms with Crippen molar-refractivity contribution >= 4 is 5.91 Å². The minimum atomic E-state index is 0.0514. The zero-order chi connectivity index (χ0) is 17.6. The van der Waals surface area contributed by atoms with Crippen LogP contribution in [0.15, 0.2) is 35.1 Å². The number of pyridine rings is 1. The third-order valence-corrected chi connectivity index (χ3v) is 4.50. The number of rotatable bonds is 7. The van der Waals surface area contributed by atoms with E-state index in [4.69, 9.17) is 4.42 Å². The summed E-state index contributed by atoms with van der Waals surface area (Å²) in [6, 6.07) is 4.24. The van der Waals surface area contributed by atoms with Crippen LogP contribution in [0, 0.1) is 6.92 Å². The zero-order valence-corrected chi connectivity index (χ0v) is 14.8. The maximum Gasteiger partial charge on any atom is 0.234 e. The topological polar surface area (TPSA) is 74.5 Å². The number of likely N-dealkylation sites (N-methyl/N-ethyl adjacent to an activating group) is 1. The maximum atomic E-state index is 12.1. The molecule has 3 heterocycles. The summed E-state index contributed by atoms with van der Waals surface area (Å²) in [6.45, 7) is 5.37. The van der Waals surface area contributed by atoms with E-state index in [0.717, 1.165) is 36.7 Å². The van der Waals surface area contributed by atoms with Gasteiger partial charge in [0.15, 0.2) is 0 Å². The Morgan fingerprint density at radius 2 is 2.36 bits per heavy atom. The summed E-state index contributed by atoms with van der Waals surface area (Å²) in [5, 5.41) is 2.95. The molecule has 7 nitrogen and oxygen atoms in total. The fourth-order valence-electron chi connectivity index (χ4n) is 3.09. The van der Waals surface area contributed by atoms with Crippen LogP contribution in [0.5, 0.6) is 0 Å². The fourth-order valence-corrected chi connectivity index (χ4v) is 3.09. The van der Waals surface area contributed by atoms with E-state index in [2.05, 4.69) is 32.1 Å². The molecule has 1 unspecified atom stereocenters.